The zero-order valence-corrected chi connectivity index (χ0v) is 10.3. The van der Waals surface area contributed by atoms with Gasteiger partial charge < -0.3 is 20.1 Å². The van der Waals surface area contributed by atoms with Crippen molar-refractivity contribution in [2.75, 3.05) is 6.61 Å². The number of aliphatic hydroxyl groups excluding tert-OH is 2. The summed E-state index contributed by atoms with van der Waals surface area (Å²) < 4.78 is 6.32. The van der Waals surface area contributed by atoms with Crippen LogP contribution in [-0.2, 0) is 4.74 Å². The fraction of sp³-hybridized carbons (Fsp3) is 0.636. The van der Waals surface area contributed by atoms with Crippen LogP contribution in [0.2, 0.25) is 0 Å². The van der Waals surface area contributed by atoms with E-state index in [9.17, 15) is 19.8 Å². The van der Waals surface area contributed by atoms with Crippen LogP contribution in [-0.4, -0.2) is 49.3 Å². The number of hydrogen-bond acceptors (Lipinski definition) is 6. The van der Waals surface area contributed by atoms with Crippen molar-refractivity contribution in [1.82, 2.24) is 9.55 Å². The van der Waals surface area contributed by atoms with Crippen molar-refractivity contribution in [3.05, 3.63) is 33.1 Å². The maximum Gasteiger partial charge on any atom is 0.330 e. The van der Waals surface area contributed by atoms with Gasteiger partial charge in [-0.1, -0.05) is 6.92 Å². The Morgan fingerprint density at radius 2 is 2.21 bits per heavy atom. The van der Waals surface area contributed by atoms with Crippen LogP contribution in [0.1, 0.15) is 19.6 Å². The van der Waals surface area contributed by atoms with Gasteiger partial charge in [0.1, 0.15) is 17.8 Å². The van der Waals surface area contributed by atoms with Crippen molar-refractivity contribution in [2.24, 2.45) is 0 Å². The topological polar surface area (TPSA) is 125 Å². The molecule has 1 aliphatic rings. The first-order valence-electron chi connectivity index (χ1n) is 5.92. The second-order valence-corrected chi connectivity index (χ2v) is 4.52. The molecule has 1 saturated heterocycles. The first kappa shape index (κ1) is 13.9. The van der Waals surface area contributed by atoms with Crippen LogP contribution in [0.5, 0.6) is 0 Å². The van der Waals surface area contributed by atoms with Crippen molar-refractivity contribution in [3.8, 4) is 0 Å². The zero-order valence-electron chi connectivity index (χ0n) is 10.3. The molecule has 0 spiro atoms. The molecule has 1 fully saturated rings. The molecule has 1 aliphatic heterocycles. The van der Waals surface area contributed by atoms with Crippen molar-refractivity contribution in [2.45, 2.75) is 37.4 Å². The van der Waals surface area contributed by atoms with E-state index >= 15 is 0 Å². The number of hydrogen-bond donors (Lipinski definition) is 4. The maximum absolute atomic E-state index is 11.7. The fourth-order valence-corrected chi connectivity index (χ4v) is 2.27. The van der Waals surface area contributed by atoms with Crippen molar-refractivity contribution in [1.29, 1.82) is 0 Å². The van der Waals surface area contributed by atoms with E-state index in [0.29, 0.717) is 0 Å². The molecule has 1 aromatic heterocycles. The molecule has 8 nitrogen and oxygen atoms in total. The summed E-state index contributed by atoms with van der Waals surface area (Å²) in [5.41, 5.74) is -3.04. The van der Waals surface area contributed by atoms with E-state index < -0.39 is 41.9 Å². The Kier molecular flexibility index (Phi) is 3.59. The molecule has 0 aromatic carbocycles. The summed E-state index contributed by atoms with van der Waals surface area (Å²) in [5.74, 6) is 0. The molecule has 0 radical (unpaired) electrons. The van der Waals surface area contributed by atoms with Gasteiger partial charge in [-0.05, 0) is 6.42 Å². The molecule has 0 aliphatic carbocycles. The van der Waals surface area contributed by atoms with E-state index in [1.807, 2.05) is 4.98 Å². The SMILES string of the molecule is CC[C@@]1(O)[C@H](O)[C@@H](CO)O[C@H]1n1ccc(=O)[nH]c1=O. The molecule has 0 bridgehead atoms. The number of rotatable bonds is 3. The summed E-state index contributed by atoms with van der Waals surface area (Å²) in [7, 11) is 0. The van der Waals surface area contributed by atoms with Crippen molar-refractivity contribution in [3.63, 3.8) is 0 Å². The lowest BCUT2D eigenvalue weighted by Crippen LogP contribution is -2.48. The van der Waals surface area contributed by atoms with Gasteiger partial charge in [-0.2, -0.15) is 0 Å². The Bertz CT molecular complexity index is 567. The number of H-pyrrole nitrogens is 1. The molecule has 106 valence electrons. The number of aromatic amines is 1. The quantitative estimate of drug-likeness (QED) is 0.501. The molecule has 2 rings (SSSR count). The van der Waals surface area contributed by atoms with Crippen LogP contribution in [0.25, 0.3) is 0 Å². The zero-order chi connectivity index (χ0) is 14.2. The van der Waals surface area contributed by atoms with Gasteiger partial charge in [0, 0.05) is 12.3 Å². The smallest absolute Gasteiger partial charge is 0.330 e. The Labute approximate surface area is 107 Å². The number of aromatic nitrogens is 2. The maximum atomic E-state index is 11.7. The highest BCUT2D eigenvalue weighted by Crippen LogP contribution is 2.39. The van der Waals surface area contributed by atoms with Crippen molar-refractivity contribution < 1.29 is 20.1 Å². The first-order chi connectivity index (χ1) is 8.93. The second-order valence-electron chi connectivity index (χ2n) is 4.52. The Hall–Kier alpha value is -1.48. The molecule has 4 N–H and O–H groups in total. The Balaban J connectivity index is 2.48. The van der Waals surface area contributed by atoms with E-state index in [1.165, 1.54) is 6.20 Å². The predicted octanol–water partition coefficient (Wildman–Crippen LogP) is -2.07. The summed E-state index contributed by atoms with van der Waals surface area (Å²) in [5, 5.41) is 29.5. The average molecular weight is 272 g/mol. The normalized spacial score (nSPS) is 34.6. The molecule has 2 heterocycles. The molecular weight excluding hydrogens is 256 g/mol. The number of nitrogens with one attached hydrogen (secondary N) is 1. The summed E-state index contributed by atoms with van der Waals surface area (Å²) >= 11 is 0. The lowest BCUT2D eigenvalue weighted by Gasteiger charge is -2.30. The highest BCUT2D eigenvalue weighted by Gasteiger charge is 2.55. The van der Waals surface area contributed by atoms with Gasteiger partial charge in [0.05, 0.1) is 6.61 Å². The number of ether oxygens (including phenoxy) is 1. The molecule has 1 aromatic rings. The average Bonchev–Trinajstić information content (AvgIpc) is 2.63. The van der Waals surface area contributed by atoms with Gasteiger partial charge in [-0.15, -0.1) is 0 Å². The van der Waals surface area contributed by atoms with Gasteiger partial charge in [-0.3, -0.25) is 14.3 Å². The van der Waals surface area contributed by atoms with Crippen LogP contribution in [0.4, 0.5) is 0 Å². The van der Waals surface area contributed by atoms with E-state index in [4.69, 9.17) is 9.84 Å². The van der Waals surface area contributed by atoms with Gasteiger partial charge in [0.25, 0.3) is 5.56 Å². The van der Waals surface area contributed by atoms with Crippen molar-refractivity contribution >= 4 is 0 Å². The Morgan fingerprint density at radius 1 is 1.53 bits per heavy atom. The van der Waals surface area contributed by atoms with Crippen LogP contribution in [0.15, 0.2) is 21.9 Å². The van der Waals surface area contributed by atoms with E-state index in [1.54, 1.807) is 6.92 Å². The summed E-state index contributed by atoms with van der Waals surface area (Å²) in [4.78, 5) is 24.8. The predicted molar refractivity (Wildman–Crippen MR) is 63.6 cm³/mol. The van der Waals surface area contributed by atoms with Crippen LogP contribution in [0.3, 0.4) is 0 Å². The summed E-state index contributed by atoms with van der Waals surface area (Å²) in [6.45, 7) is 1.13. The van der Waals surface area contributed by atoms with Gasteiger partial charge in [0.2, 0.25) is 0 Å². The molecule has 0 saturated carbocycles. The number of nitrogens with zero attached hydrogens (tertiary/aromatic N) is 1. The largest absolute Gasteiger partial charge is 0.394 e. The third-order valence-electron chi connectivity index (χ3n) is 3.45. The molecule has 19 heavy (non-hydrogen) atoms. The molecular formula is C11H16N2O6. The minimum Gasteiger partial charge on any atom is -0.394 e. The lowest BCUT2D eigenvalue weighted by atomic mass is 9.91. The van der Waals surface area contributed by atoms with Gasteiger partial charge >= 0.3 is 5.69 Å². The van der Waals surface area contributed by atoms with Gasteiger partial charge in [-0.25, -0.2) is 4.79 Å². The van der Waals surface area contributed by atoms with E-state index in [2.05, 4.69) is 0 Å². The van der Waals surface area contributed by atoms with Crippen LogP contribution in [0, 0.1) is 0 Å². The third kappa shape index (κ3) is 2.12. The molecule has 4 atom stereocenters. The fourth-order valence-electron chi connectivity index (χ4n) is 2.27. The lowest BCUT2D eigenvalue weighted by molar-refractivity contribution is -0.112. The standard InChI is InChI=1S/C11H16N2O6/c1-2-11(18)8(16)6(5-14)19-9(11)13-4-3-7(15)12-10(13)17/h3-4,6,8-9,14,16,18H,2,5H2,1H3,(H,12,15,17)/t6-,8-,9-,11-/m1/s1. The minimum atomic E-state index is -1.71. The van der Waals surface area contributed by atoms with E-state index in [-0.39, 0.29) is 6.42 Å². The van der Waals surface area contributed by atoms with E-state index in [0.717, 1.165) is 10.6 Å². The van der Waals surface area contributed by atoms with Crippen LogP contribution < -0.4 is 11.2 Å². The first-order valence-corrected chi connectivity index (χ1v) is 5.92. The Morgan fingerprint density at radius 3 is 2.74 bits per heavy atom. The highest BCUT2D eigenvalue weighted by molar-refractivity contribution is 5.02. The van der Waals surface area contributed by atoms with Crippen LogP contribution >= 0.6 is 0 Å². The summed E-state index contributed by atoms with van der Waals surface area (Å²) in [6.07, 6.45) is -2.20. The second kappa shape index (κ2) is 4.89. The minimum absolute atomic E-state index is 0.112. The van der Waals surface area contributed by atoms with Gasteiger partial charge in [0.15, 0.2) is 6.23 Å². The number of aliphatic hydroxyl groups is 3. The summed E-state index contributed by atoms with van der Waals surface area (Å²) in [6, 6.07) is 1.11. The monoisotopic (exact) mass is 272 g/mol. The third-order valence-corrected chi connectivity index (χ3v) is 3.45. The molecule has 8 heteroatoms. The molecule has 0 amide bonds. The molecule has 0 unspecified atom stereocenters. The highest BCUT2D eigenvalue weighted by atomic mass is 16.6.